The van der Waals surface area contributed by atoms with Crippen LogP contribution in [0.2, 0.25) is 0 Å². The van der Waals surface area contributed by atoms with Gasteiger partial charge >= 0.3 is 25.1 Å². The highest BCUT2D eigenvalue weighted by molar-refractivity contribution is 7.52. The number of anilines is 2. The Morgan fingerprint density at radius 2 is 1.43 bits per heavy atom. The van der Waals surface area contributed by atoms with Gasteiger partial charge in [-0.3, -0.25) is 18.5 Å². The Labute approximate surface area is 318 Å². The van der Waals surface area contributed by atoms with Crippen LogP contribution in [0, 0.1) is 0 Å². The largest absolute Gasteiger partial charge is 0.462 e. The number of benzene rings is 1. The number of para-hydroxylation sites is 1. The van der Waals surface area contributed by atoms with Gasteiger partial charge in [-0.15, -0.1) is 13.2 Å². The maximum absolute atomic E-state index is 15.2. The minimum Gasteiger partial charge on any atom is -0.462 e. The average molecular weight is 812 g/mol. The maximum Gasteiger partial charge on any atom is 0.459 e. The van der Waals surface area contributed by atoms with Crippen LogP contribution in [0.4, 0.5) is 20.4 Å². The van der Waals surface area contributed by atoms with Crippen molar-refractivity contribution in [2.24, 2.45) is 0 Å². The third kappa shape index (κ3) is 9.56. The van der Waals surface area contributed by atoms with Crippen molar-refractivity contribution in [3.8, 4) is 5.75 Å². The lowest BCUT2D eigenvalue weighted by molar-refractivity contribution is -0.149. The van der Waals surface area contributed by atoms with Gasteiger partial charge in [-0.2, -0.15) is 15.1 Å². The second kappa shape index (κ2) is 17.9. The van der Waals surface area contributed by atoms with Gasteiger partial charge < -0.3 is 45.5 Å². The van der Waals surface area contributed by atoms with Gasteiger partial charge in [0.2, 0.25) is 0 Å². The van der Waals surface area contributed by atoms with E-state index in [1.807, 2.05) is 0 Å². The lowest BCUT2D eigenvalue weighted by Crippen LogP contribution is -2.45. The molecule has 5 rings (SSSR count). The van der Waals surface area contributed by atoms with Gasteiger partial charge in [-0.1, -0.05) is 30.4 Å². The molecule has 0 aliphatic carbocycles. The standard InChI is InChI=1S/C23H30FN4O8P.C11H14FN3O4/c1-5-23(19(29)18(24)20(35-23)28-12-11-17(25)26-22(28)31)13-33-37(32,36-16-9-7-6-8-10-16)27-15(4)21(30)34-14(2)3;1-2-11(5-16)8(17)7(12)9(19-11)15-4-3-6(13)14-10(15)18/h5-12,14-15,18-20,29H,1,13H2,2-4H3,(H,27,32)(H2,25,26,31);2-4,7-9,16-17H,1,5H2,(H2,13,14,18)/t15-,18+,19-,20+,23+,37?;7-,8+,9-,11-/m01/s1. The second-order valence-corrected chi connectivity index (χ2v) is 14.6. The van der Waals surface area contributed by atoms with E-state index in [0.717, 1.165) is 21.3 Å². The first-order valence-electron chi connectivity index (χ1n) is 16.9. The molecule has 306 valence electrons. The molecule has 0 saturated carbocycles. The third-order valence-electron chi connectivity index (χ3n) is 8.51. The van der Waals surface area contributed by atoms with E-state index in [4.69, 9.17) is 34.7 Å². The number of aromatic nitrogens is 4. The smallest absolute Gasteiger partial charge is 0.459 e. The Hall–Kier alpha value is -4.86. The number of carbonyl (C=O) groups is 1. The highest BCUT2D eigenvalue weighted by Crippen LogP contribution is 2.48. The second-order valence-electron chi connectivity index (χ2n) is 12.9. The summed E-state index contributed by atoms with van der Waals surface area (Å²) in [5.74, 6) is -0.662. The highest BCUT2D eigenvalue weighted by Gasteiger charge is 2.56. The zero-order valence-corrected chi connectivity index (χ0v) is 31.4. The van der Waals surface area contributed by atoms with Crippen LogP contribution in [-0.2, 0) is 28.1 Å². The summed E-state index contributed by atoms with van der Waals surface area (Å²) in [6, 6.07) is 9.41. The van der Waals surface area contributed by atoms with Crippen LogP contribution in [-0.4, -0.2) is 102 Å². The van der Waals surface area contributed by atoms with E-state index in [0.29, 0.717) is 0 Å². The first kappa shape index (κ1) is 43.9. The summed E-state index contributed by atoms with van der Waals surface area (Å²) < 4.78 is 71.8. The van der Waals surface area contributed by atoms with Gasteiger partial charge in [-0.05, 0) is 45.0 Å². The van der Waals surface area contributed by atoms with E-state index >= 15 is 4.39 Å². The van der Waals surface area contributed by atoms with E-state index in [1.165, 1.54) is 43.6 Å². The van der Waals surface area contributed by atoms with Gasteiger partial charge in [0.05, 0.1) is 19.3 Å². The number of halogens is 2. The highest BCUT2D eigenvalue weighted by atomic mass is 31.2. The van der Waals surface area contributed by atoms with Gasteiger partial charge in [0, 0.05) is 12.4 Å². The Bertz CT molecular complexity index is 2030. The predicted molar refractivity (Wildman–Crippen MR) is 195 cm³/mol. The quantitative estimate of drug-likeness (QED) is 0.0755. The maximum atomic E-state index is 15.2. The predicted octanol–water partition coefficient (Wildman–Crippen LogP) is 1.08. The van der Waals surface area contributed by atoms with Gasteiger partial charge in [0.25, 0.3) is 0 Å². The van der Waals surface area contributed by atoms with Crippen molar-refractivity contribution >= 4 is 25.4 Å². The van der Waals surface area contributed by atoms with Crippen LogP contribution in [0.5, 0.6) is 5.75 Å². The SMILES string of the molecule is C=C[C@]1(CO)O[C@@H](n2ccc(N)nc2=O)[C@H](F)[C@@H]1O.C=C[C@]1(COP(=O)(N[C@@H](C)C(=O)OC(C)C)Oc2ccccc2)O[C@@H](n2ccc(N)nc2=O)[C@H](F)[C@@H]1O. The molecule has 22 heteroatoms. The van der Waals surface area contributed by atoms with Gasteiger partial charge in [-0.25, -0.2) is 22.9 Å². The van der Waals surface area contributed by atoms with Crippen molar-refractivity contribution in [1.29, 1.82) is 0 Å². The molecule has 19 nitrogen and oxygen atoms in total. The molecule has 2 fully saturated rings. The summed E-state index contributed by atoms with van der Waals surface area (Å²) in [6.45, 7) is 10.3. The molecule has 2 aromatic heterocycles. The fourth-order valence-electron chi connectivity index (χ4n) is 5.46. The molecule has 2 aliphatic heterocycles. The van der Waals surface area contributed by atoms with E-state index < -0.39 is 98.7 Å². The van der Waals surface area contributed by atoms with Crippen molar-refractivity contribution in [2.75, 3.05) is 24.7 Å². The van der Waals surface area contributed by atoms with Crippen molar-refractivity contribution in [3.63, 3.8) is 0 Å². The topological polar surface area (TPSA) is 275 Å². The molecule has 0 spiro atoms. The third-order valence-corrected chi connectivity index (χ3v) is 10.1. The minimum absolute atomic E-state index is 0.00709. The van der Waals surface area contributed by atoms with Crippen molar-refractivity contribution in [1.82, 2.24) is 24.2 Å². The number of hydrogen-bond acceptors (Lipinski definition) is 16. The first-order chi connectivity index (χ1) is 26.3. The number of nitrogens with zero attached hydrogens (tertiary/aromatic N) is 4. The molecule has 0 radical (unpaired) electrons. The van der Waals surface area contributed by atoms with Crippen molar-refractivity contribution in [2.45, 2.75) is 81.1 Å². The Morgan fingerprint density at radius 1 is 0.946 bits per heavy atom. The lowest BCUT2D eigenvalue weighted by Gasteiger charge is -2.30. The molecule has 56 heavy (non-hydrogen) atoms. The summed E-state index contributed by atoms with van der Waals surface area (Å²) in [5, 5.41) is 32.2. The summed E-state index contributed by atoms with van der Waals surface area (Å²) >= 11 is 0. The number of nitrogen functional groups attached to an aromatic ring is 2. The molecule has 1 aromatic carbocycles. The number of nitrogens with one attached hydrogen (secondary N) is 1. The molecule has 8 N–H and O–H groups in total. The summed E-state index contributed by atoms with van der Waals surface area (Å²) in [7, 11) is -4.37. The zero-order chi connectivity index (χ0) is 41.6. The monoisotopic (exact) mass is 811 g/mol. The molecule has 1 unspecified atom stereocenters. The number of rotatable bonds is 14. The molecular formula is C34H44F2N7O12P. The van der Waals surface area contributed by atoms with Gasteiger partial charge in [0.1, 0.15) is 46.8 Å². The fourth-order valence-corrected chi connectivity index (χ4v) is 6.99. The van der Waals surface area contributed by atoms with Crippen LogP contribution >= 0.6 is 7.75 Å². The van der Waals surface area contributed by atoms with Crippen molar-refractivity contribution < 1.29 is 56.7 Å². The Balaban J connectivity index is 0.000000306. The van der Waals surface area contributed by atoms with Crippen LogP contribution in [0.3, 0.4) is 0 Å². The van der Waals surface area contributed by atoms with E-state index in [9.17, 15) is 38.7 Å². The van der Waals surface area contributed by atoms with Crippen LogP contribution in [0.15, 0.2) is 89.8 Å². The van der Waals surface area contributed by atoms with Gasteiger partial charge in [0.15, 0.2) is 24.8 Å². The molecule has 4 heterocycles. The lowest BCUT2D eigenvalue weighted by atomic mass is 9.97. The van der Waals surface area contributed by atoms with E-state index in [2.05, 4.69) is 28.2 Å². The van der Waals surface area contributed by atoms with Crippen LogP contribution in [0.25, 0.3) is 0 Å². The van der Waals surface area contributed by atoms with E-state index in [1.54, 1.807) is 32.0 Å². The molecule has 0 amide bonds. The molecule has 10 atom stereocenters. The average Bonchev–Trinajstić information content (AvgIpc) is 3.55. The Kier molecular flexibility index (Phi) is 14.1. The number of carbonyl (C=O) groups excluding carboxylic acids is 1. The normalized spacial score (nSPS) is 28.7. The molecular weight excluding hydrogens is 767 g/mol. The molecule has 3 aromatic rings. The summed E-state index contributed by atoms with van der Waals surface area (Å²) in [5.41, 5.74) is 5.50. The molecule has 2 aliphatic rings. The fraction of sp³-hybridized carbons (Fsp3) is 0.441. The number of aliphatic hydroxyl groups is 3. The number of hydrogen-bond donors (Lipinski definition) is 6. The number of esters is 1. The zero-order valence-electron chi connectivity index (χ0n) is 30.5. The number of alkyl halides is 2. The Morgan fingerprint density at radius 3 is 1.86 bits per heavy atom. The number of nitrogens with two attached hydrogens (primary N) is 2. The summed E-state index contributed by atoms with van der Waals surface area (Å²) in [4.78, 5) is 43.2. The minimum atomic E-state index is -4.37. The van der Waals surface area contributed by atoms with Crippen molar-refractivity contribution in [3.05, 3.63) is 101 Å². The van der Waals surface area contributed by atoms with E-state index in [-0.39, 0.29) is 17.4 Å². The van der Waals surface area contributed by atoms with Crippen LogP contribution < -0.4 is 32.5 Å². The van der Waals surface area contributed by atoms with Crippen LogP contribution in [0.1, 0.15) is 33.2 Å². The molecule has 2 saturated heterocycles. The summed E-state index contributed by atoms with van der Waals surface area (Å²) in [6.07, 6.45) is -6.42. The first-order valence-corrected chi connectivity index (χ1v) is 18.4. The number of ether oxygens (including phenoxy) is 3. The molecule has 0 bridgehead atoms. The number of aliphatic hydroxyl groups excluding tert-OH is 3.